The molecule has 0 aliphatic carbocycles. The number of carbonyl (C=O) groups excluding carboxylic acids is 1. The van der Waals surface area contributed by atoms with Gasteiger partial charge in [0.15, 0.2) is 0 Å². The molecule has 0 bridgehead atoms. The molecule has 2 aromatic carbocycles. The summed E-state index contributed by atoms with van der Waals surface area (Å²) in [6.07, 6.45) is 1.02. The van der Waals surface area contributed by atoms with Crippen molar-refractivity contribution in [1.29, 1.82) is 0 Å². The minimum Gasteiger partial charge on any atom is -0.497 e. The summed E-state index contributed by atoms with van der Waals surface area (Å²) < 4.78 is 32.5. The van der Waals surface area contributed by atoms with Crippen molar-refractivity contribution in [3.05, 3.63) is 65.2 Å². The van der Waals surface area contributed by atoms with Crippen LogP contribution in [0.15, 0.2) is 42.5 Å². The highest BCUT2D eigenvalue weighted by molar-refractivity contribution is 5.94. The fraction of sp³-hybridized carbons (Fsp3) is 0.316. The van der Waals surface area contributed by atoms with E-state index in [1.807, 2.05) is 0 Å². The number of piperidine rings is 1. The van der Waals surface area contributed by atoms with Crippen LogP contribution in [-0.4, -0.2) is 36.1 Å². The van der Waals surface area contributed by atoms with Crippen LogP contribution >= 0.6 is 0 Å². The van der Waals surface area contributed by atoms with Crippen molar-refractivity contribution < 1.29 is 23.4 Å². The Hall–Kier alpha value is -2.47. The molecule has 1 N–H and O–H groups in total. The zero-order chi connectivity index (χ0) is 18.0. The maximum atomic E-state index is 13.9. The summed E-state index contributed by atoms with van der Waals surface area (Å²) >= 11 is 0. The second-order valence-corrected chi connectivity index (χ2v) is 6.22. The Kier molecular flexibility index (Phi) is 4.72. The first-order chi connectivity index (χ1) is 11.9. The molecule has 3 rings (SSSR count). The number of methoxy groups -OCH3 is 1. The third-order valence-electron chi connectivity index (χ3n) is 4.52. The van der Waals surface area contributed by atoms with E-state index < -0.39 is 23.1 Å². The smallest absolute Gasteiger partial charge is 0.257 e. The van der Waals surface area contributed by atoms with E-state index in [9.17, 15) is 18.7 Å². The van der Waals surface area contributed by atoms with Crippen LogP contribution in [0.5, 0.6) is 5.75 Å². The third-order valence-corrected chi connectivity index (χ3v) is 4.52. The fourth-order valence-corrected chi connectivity index (χ4v) is 3.19. The summed E-state index contributed by atoms with van der Waals surface area (Å²) in [5.74, 6) is -1.48. The number of hydrogen-bond acceptors (Lipinski definition) is 3. The van der Waals surface area contributed by atoms with Crippen molar-refractivity contribution in [2.75, 3.05) is 20.2 Å². The number of ether oxygens (including phenoxy) is 1. The first-order valence-electron chi connectivity index (χ1n) is 8.04. The Morgan fingerprint density at radius 2 is 2.04 bits per heavy atom. The predicted octanol–water partition coefficient (Wildman–Crippen LogP) is 3.10. The summed E-state index contributed by atoms with van der Waals surface area (Å²) in [5, 5.41) is 11.0. The Morgan fingerprint density at radius 1 is 1.24 bits per heavy atom. The molecule has 0 saturated carbocycles. The first-order valence-corrected chi connectivity index (χ1v) is 8.04. The minimum absolute atomic E-state index is 0.00888. The van der Waals surface area contributed by atoms with Gasteiger partial charge in [-0.05, 0) is 48.7 Å². The predicted molar refractivity (Wildman–Crippen MR) is 88.4 cm³/mol. The van der Waals surface area contributed by atoms with Crippen LogP contribution < -0.4 is 4.74 Å². The molecule has 1 unspecified atom stereocenters. The summed E-state index contributed by atoms with van der Waals surface area (Å²) in [6.45, 7) is 0.385. The number of likely N-dealkylation sites (tertiary alicyclic amines) is 1. The molecule has 132 valence electrons. The second-order valence-electron chi connectivity index (χ2n) is 6.22. The van der Waals surface area contributed by atoms with Crippen LogP contribution in [-0.2, 0) is 5.60 Å². The van der Waals surface area contributed by atoms with Gasteiger partial charge in [-0.25, -0.2) is 8.78 Å². The molecule has 1 heterocycles. The van der Waals surface area contributed by atoms with E-state index in [-0.39, 0.29) is 12.1 Å². The molecule has 4 nitrogen and oxygen atoms in total. The van der Waals surface area contributed by atoms with Crippen LogP contribution in [0, 0.1) is 11.6 Å². The molecule has 2 aromatic rings. The highest BCUT2D eigenvalue weighted by Crippen LogP contribution is 2.34. The Bertz CT molecular complexity index is 796. The molecule has 0 radical (unpaired) electrons. The average molecular weight is 347 g/mol. The summed E-state index contributed by atoms with van der Waals surface area (Å²) in [7, 11) is 1.53. The van der Waals surface area contributed by atoms with Crippen LogP contribution in [0.3, 0.4) is 0 Å². The molecule has 1 fully saturated rings. The number of hydrogen-bond donors (Lipinski definition) is 1. The molecule has 0 aromatic heterocycles. The van der Waals surface area contributed by atoms with E-state index in [1.165, 1.54) is 12.0 Å². The van der Waals surface area contributed by atoms with Crippen molar-refractivity contribution in [1.82, 2.24) is 4.90 Å². The zero-order valence-electron chi connectivity index (χ0n) is 13.8. The summed E-state index contributed by atoms with van der Waals surface area (Å²) in [6, 6.07) is 9.79. The van der Waals surface area contributed by atoms with Crippen molar-refractivity contribution in [3.63, 3.8) is 0 Å². The number of benzene rings is 2. The van der Waals surface area contributed by atoms with Gasteiger partial charge in [0.05, 0.1) is 19.2 Å². The van der Waals surface area contributed by atoms with Crippen molar-refractivity contribution in [2.24, 2.45) is 0 Å². The highest BCUT2D eigenvalue weighted by Gasteiger charge is 2.37. The van der Waals surface area contributed by atoms with Crippen molar-refractivity contribution >= 4 is 5.91 Å². The number of nitrogens with zero attached hydrogens (tertiary/aromatic N) is 1. The molecule has 6 heteroatoms. The number of aliphatic hydroxyl groups is 1. The third kappa shape index (κ3) is 3.49. The van der Waals surface area contributed by atoms with E-state index in [0.29, 0.717) is 30.7 Å². The highest BCUT2D eigenvalue weighted by atomic mass is 19.1. The van der Waals surface area contributed by atoms with Gasteiger partial charge < -0.3 is 14.7 Å². The largest absolute Gasteiger partial charge is 0.497 e. The van der Waals surface area contributed by atoms with Crippen LogP contribution in [0.2, 0.25) is 0 Å². The average Bonchev–Trinajstić information content (AvgIpc) is 2.63. The maximum absolute atomic E-state index is 13.9. The van der Waals surface area contributed by atoms with Gasteiger partial charge in [0.1, 0.15) is 23.0 Å². The lowest BCUT2D eigenvalue weighted by Crippen LogP contribution is -2.48. The van der Waals surface area contributed by atoms with Gasteiger partial charge in [-0.2, -0.15) is 0 Å². The van der Waals surface area contributed by atoms with E-state index in [4.69, 9.17) is 4.74 Å². The van der Waals surface area contributed by atoms with Crippen molar-refractivity contribution in [3.8, 4) is 5.75 Å². The molecule has 1 aliphatic rings. The van der Waals surface area contributed by atoms with E-state index in [0.717, 1.165) is 18.2 Å². The topological polar surface area (TPSA) is 49.8 Å². The molecule has 25 heavy (non-hydrogen) atoms. The molecular formula is C19H19F2NO3. The van der Waals surface area contributed by atoms with Gasteiger partial charge >= 0.3 is 0 Å². The van der Waals surface area contributed by atoms with Crippen LogP contribution in [0.25, 0.3) is 0 Å². The quantitative estimate of drug-likeness (QED) is 0.928. The molecule has 1 amide bonds. The lowest BCUT2D eigenvalue weighted by molar-refractivity contribution is -0.0291. The van der Waals surface area contributed by atoms with Gasteiger partial charge in [0.25, 0.3) is 5.91 Å². The van der Waals surface area contributed by atoms with Gasteiger partial charge in [-0.3, -0.25) is 4.79 Å². The molecule has 0 spiro atoms. The Morgan fingerprint density at radius 3 is 2.80 bits per heavy atom. The SMILES string of the molecule is COc1cccc(C2(O)CCCN(C(=O)c3cc(F)ccc3F)C2)c1. The second kappa shape index (κ2) is 6.80. The first kappa shape index (κ1) is 17.4. The lowest BCUT2D eigenvalue weighted by Gasteiger charge is -2.39. The van der Waals surface area contributed by atoms with Gasteiger partial charge in [-0.1, -0.05) is 12.1 Å². The number of amides is 1. The van der Waals surface area contributed by atoms with E-state index >= 15 is 0 Å². The Labute approximate surface area is 144 Å². The minimum atomic E-state index is -1.26. The monoisotopic (exact) mass is 347 g/mol. The van der Waals surface area contributed by atoms with Crippen molar-refractivity contribution in [2.45, 2.75) is 18.4 Å². The summed E-state index contributed by atoms with van der Waals surface area (Å²) in [5.41, 5.74) is -0.953. The van der Waals surface area contributed by atoms with E-state index in [2.05, 4.69) is 0 Å². The van der Waals surface area contributed by atoms with Gasteiger partial charge in [0.2, 0.25) is 0 Å². The van der Waals surface area contributed by atoms with E-state index in [1.54, 1.807) is 24.3 Å². The number of β-amino-alcohol motifs (C(OH)–C–C–N with tert-alkyl or cyclic N) is 1. The number of rotatable bonds is 3. The zero-order valence-corrected chi connectivity index (χ0v) is 13.8. The molecule has 1 saturated heterocycles. The standard InChI is InChI=1S/C19H19F2NO3/c1-25-15-5-2-4-13(10-15)19(24)8-3-9-22(12-19)18(23)16-11-14(20)6-7-17(16)21/h2,4-7,10-11,24H,3,8-9,12H2,1H3. The fourth-order valence-electron chi connectivity index (χ4n) is 3.19. The number of halogens is 2. The molecular weight excluding hydrogens is 328 g/mol. The molecule has 1 atom stereocenters. The van der Waals surface area contributed by atoms with Crippen LogP contribution in [0.1, 0.15) is 28.8 Å². The summed E-state index contributed by atoms with van der Waals surface area (Å²) in [4.78, 5) is 14.0. The normalized spacial score (nSPS) is 20.4. The Balaban J connectivity index is 1.87. The van der Waals surface area contributed by atoms with Crippen LogP contribution in [0.4, 0.5) is 8.78 Å². The van der Waals surface area contributed by atoms with Gasteiger partial charge in [0, 0.05) is 6.54 Å². The lowest BCUT2D eigenvalue weighted by atomic mass is 9.85. The maximum Gasteiger partial charge on any atom is 0.257 e. The van der Waals surface area contributed by atoms with Gasteiger partial charge in [-0.15, -0.1) is 0 Å². The number of carbonyl (C=O) groups is 1. The molecule has 1 aliphatic heterocycles.